The summed E-state index contributed by atoms with van der Waals surface area (Å²) < 4.78 is 27.2. The first-order chi connectivity index (χ1) is 14.3. The van der Waals surface area contributed by atoms with Crippen LogP contribution in [0.25, 0.3) is 0 Å². The summed E-state index contributed by atoms with van der Waals surface area (Å²) in [5, 5.41) is 3.65. The second kappa shape index (κ2) is 10.1. The molecule has 1 saturated heterocycles. The number of benzene rings is 1. The largest absolute Gasteiger partial charge is 0.325 e. The molecule has 1 unspecified atom stereocenters. The van der Waals surface area contributed by atoms with Crippen molar-refractivity contribution < 1.29 is 13.2 Å². The molecule has 9 heteroatoms. The van der Waals surface area contributed by atoms with Crippen molar-refractivity contribution in [1.82, 2.24) is 9.29 Å². The minimum atomic E-state index is -3.53. The van der Waals surface area contributed by atoms with Crippen LogP contribution in [0, 0.1) is 6.92 Å². The molecule has 1 aliphatic heterocycles. The summed E-state index contributed by atoms with van der Waals surface area (Å²) in [6.45, 7) is 4.74. The molecule has 0 saturated carbocycles. The summed E-state index contributed by atoms with van der Waals surface area (Å²) in [5.74, 6) is -0.173. The number of carbonyl (C=O) groups excluding carboxylic acids is 1. The lowest BCUT2D eigenvalue weighted by Crippen LogP contribution is -2.32. The SMILES string of the molecule is Cc1c(Cl)cccc1NC(=O)C(C)Sc1ccc(S(=O)(=O)N2CCCCCC2)cn1. The highest BCUT2D eigenvalue weighted by molar-refractivity contribution is 8.00. The van der Waals surface area contributed by atoms with Crippen LogP contribution in [-0.2, 0) is 14.8 Å². The van der Waals surface area contributed by atoms with E-state index in [9.17, 15) is 13.2 Å². The highest BCUT2D eigenvalue weighted by Gasteiger charge is 2.25. The van der Waals surface area contributed by atoms with Gasteiger partial charge in [0.05, 0.1) is 10.3 Å². The number of carbonyl (C=O) groups is 1. The van der Waals surface area contributed by atoms with Gasteiger partial charge in [-0.3, -0.25) is 4.79 Å². The smallest absolute Gasteiger partial charge is 0.244 e. The molecule has 1 aliphatic rings. The zero-order valence-electron chi connectivity index (χ0n) is 17.1. The number of hydrogen-bond acceptors (Lipinski definition) is 5. The molecule has 1 aromatic carbocycles. The van der Waals surface area contributed by atoms with Gasteiger partial charge in [-0.25, -0.2) is 13.4 Å². The monoisotopic (exact) mass is 467 g/mol. The Labute approximate surface area is 187 Å². The fraction of sp³-hybridized carbons (Fsp3) is 0.429. The number of sulfonamides is 1. The van der Waals surface area contributed by atoms with Crippen molar-refractivity contribution in [2.45, 2.75) is 54.7 Å². The molecule has 2 aromatic rings. The first-order valence-electron chi connectivity index (χ1n) is 9.98. The number of pyridine rings is 1. The maximum absolute atomic E-state index is 12.8. The molecular formula is C21H26ClN3O3S2. The van der Waals surface area contributed by atoms with Crippen molar-refractivity contribution in [3.8, 4) is 0 Å². The Hall–Kier alpha value is -1.61. The molecule has 162 valence electrons. The normalized spacial score (nSPS) is 16.6. The molecule has 1 atom stereocenters. The first-order valence-corrected chi connectivity index (χ1v) is 12.7. The van der Waals surface area contributed by atoms with Crippen LogP contribution in [0.5, 0.6) is 0 Å². The highest BCUT2D eigenvalue weighted by Crippen LogP contribution is 2.27. The Kier molecular flexibility index (Phi) is 7.79. The van der Waals surface area contributed by atoms with Gasteiger partial charge in [0.15, 0.2) is 0 Å². The van der Waals surface area contributed by atoms with E-state index in [1.807, 2.05) is 6.92 Å². The van der Waals surface area contributed by atoms with Crippen molar-refractivity contribution in [2.24, 2.45) is 0 Å². The summed E-state index contributed by atoms with van der Waals surface area (Å²) in [6, 6.07) is 8.59. The molecule has 3 rings (SSSR count). The number of anilines is 1. The quantitative estimate of drug-likeness (QED) is 0.621. The lowest BCUT2D eigenvalue weighted by molar-refractivity contribution is -0.115. The predicted molar refractivity (Wildman–Crippen MR) is 122 cm³/mol. The third-order valence-corrected chi connectivity index (χ3v) is 8.45. The molecule has 0 aliphatic carbocycles. The number of amides is 1. The van der Waals surface area contributed by atoms with Gasteiger partial charge in [-0.15, -0.1) is 0 Å². The standard InChI is InChI=1S/C21H26ClN3O3S2/c1-15-18(22)8-7-9-19(15)24-21(26)16(2)29-20-11-10-17(14-23-20)30(27,28)25-12-5-3-4-6-13-25/h7-11,14,16H,3-6,12-13H2,1-2H3,(H,24,26). The number of rotatable bonds is 6. The van der Waals surface area contributed by atoms with Crippen LogP contribution in [-0.4, -0.2) is 42.0 Å². The molecule has 1 aromatic heterocycles. The van der Waals surface area contributed by atoms with E-state index in [1.165, 1.54) is 18.0 Å². The number of halogens is 1. The lowest BCUT2D eigenvalue weighted by atomic mass is 10.2. The van der Waals surface area contributed by atoms with E-state index in [0.717, 1.165) is 31.2 Å². The van der Waals surface area contributed by atoms with Gasteiger partial charge in [-0.05, 0) is 56.5 Å². The fourth-order valence-corrected chi connectivity index (χ4v) is 5.66. The van der Waals surface area contributed by atoms with E-state index in [2.05, 4.69) is 10.3 Å². The van der Waals surface area contributed by atoms with Crippen molar-refractivity contribution in [1.29, 1.82) is 0 Å². The van der Waals surface area contributed by atoms with Crippen molar-refractivity contribution in [3.05, 3.63) is 47.1 Å². The topological polar surface area (TPSA) is 79.4 Å². The first kappa shape index (κ1) is 23.1. The van der Waals surface area contributed by atoms with Gasteiger partial charge in [-0.1, -0.05) is 42.3 Å². The Morgan fingerprint density at radius 1 is 1.17 bits per heavy atom. The summed E-state index contributed by atoms with van der Waals surface area (Å²) in [6.07, 6.45) is 5.29. The third-order valence-electron chi connectivity index (χ3n) is 5.10. The molecule has 1 amide bonds. The van der Waals surface area contributed by atoms with Gasteiger partial charge in [-0.2, -0.15) is 4.31 Å². The summed E-state index contributed by atoms with van der Waals surface area (Å²) in [7, 11) is -3.53. The number of nitrogens with zero attached hydrogens (tertiary/aromatic N) is 2. The molecule has 1 N–H and O–H groups in total. The Morgan fingerprint density at radius 2 is 1.87 bits per heavy atom. The van der Waals surface area contributed by atoms with E-state index >= 15 is 0 Å². The number of thioether (sulfide) groups is 1. The van der Waals surface area contributed by atoms with Gasteiger partial charge in [0.1, 0.15) is 4.90 Å². The second-order valence-electron chi connectivity index (χ2n) is 7.31. The molecule has 0 radical (unpaired) electrons. The van der Waals surface area contributed by atoms with Crippen LogP contribution in [0.1, 0.15) is 38.2 Å². The number of nitrogens with one attached hydrogen (secondary N) is 1. The number of aromatic nitrogens is 1. The van der Waals surface area contributed by atoms with E-state index in [-0.39, 0.29) is 10.8 Å². The van der Waals surface area contributed by atoms with Gasteiger partial charge >= 0.3 is 0 Å². The predicted octanol–water partition coefficient (Wildman–Crippen LogP) is 4.73. The Morgan fingerprint density at radius 3 is 2.50 bits per heavy atom. The van der Waals surface area contributed by atoms with Gasteiger partial charge in [0.25, 0.3) is 0 Å². The summed E-state index contributed by atoms with van der Waals surface area (Å²) in [4.78, 5) is 17.0. The van der Waals surface area contributed by atoms with E-state index in [4.69, 9.17) is 11.6 Å². The second-order valence-corrected chi connectivity index (χ2v) is 11.0. The van der Waals surface area contributed by atoms with E-state index in [0.29, 0.717) is 28.8 Å². The molecule has 2 heterocycles. The average Bonchev–Trinajstić information content (AvgIpc) is 3.02. The van der Waals surface area contributed by atoms with Crippen molar-refractivity contribution in [3.63, 3.8) is 0 Å². The zero-order valence-corrected chi connectivity index (χ0v) is 19.5. The molecule has 30 heavy (non-hydrogen) atoms. The molecule has 1 fully saturated rings. The van der Waals surface area contributed by atoms with Crippen LogP contribution >= 0.6 is 23.4 Å². The molecule has 0 bridgehead atoms. The Bertz CT molecular complexity index is 989. The van der Waals surface area contributed by atoms with Crippen LogP contribution < -0.4 is 5.32 Å². The fourth-order valence-electron chi connectivity index (χ4n) is 3.23. The average molecular weight is 468 g/mol. The maximum Gasteiger partial charge on any atom is 0.244 e. The summed E-state index contributed by atoms with van der Waals surface area (Å²) in [5.41, 5.74) is 1.48. The van der Waals surface area contributed by atoms with E-state index < -0.39 is 15.3 Å². The minimum Gasteiger partial charge on any atom is -0.325 e. The maximum atomic E-state index is 12.8. The van der Waals surface area contributed by atoms with E-state index in [1.54, 1.807) is 41.6 Å². The van der Waals surface area contributed by atoms with Crippen molar-refractivity contribution in [2.75, 3.05) is 18.4 Å². The lowest BCUT2D eigenvalue weighted by Gasteiger charge is -2.19. The third kappa shape index (κ3) is 5.55. The van der Waals surface area contributed by atoms with Crippen LogP contribution in [0.4, 0.5) is 5.69 Å². The van der Waals surface area contributed by atoms with Crippen LogP contribution in [0.2, 0.25) is 5.02 Å². The van der Waals surface area contributed by atoms with Crippen LogP contribution in [0.3, 0.4) is 0 Å². The highest BCUT2D eigenvalue weighted by atomic mass is 35.5. The molecular weight excluding hydrogens is 442 g/mol. The zero-order chi connectivity index (χ0) is 21.7. The molecule has 6 nitrogen and oxygen atoms in total. The van der Waals surface area contributed by atoms with Gasteiger partial charge in [0.2, 0.25) is 15.9 Å². The summed E-state index contributed by atoms with van der Waals surface area (Å²) >= 11 is 7.38. The van der Waals surface area contributed by atoms with Gasteiger partial charge in [0, 0.05) is 30.0 Å². The van der Waals surface area contributed by atoms with Crippen LogP contribution in [0.15, 0.2) is 46.5 Å². The minimum absolute atomic E-state index is 0.173. The Balaban J connectivity index is 1.64. The number of hydrogen-bond donors (Lipinski definition) is 1. The van der Waals surface area contributed by atoms with Crippen molar-refractivity contribution >= 4 is 45.0 Å². The molecule has 0 spiro atoms. The van der Waals surface area contributed by atoms with Gasteiger partial charge < -0.3 is 5.32 Å².